The fourth-order valence-corrected chi connectivity index (χ4v) is 2.05. The van der Waals surface area contributed by atoms with E-state index in [4.69, 9.17) is 4.74 Å². The second-order valence-corrected chi connectivity index (χ2v) is 4.65. The van der Waals surface area contributed by atoms with Crippen LogP contribution in [0.25, 0.3) is 0 Å². The Morgan fingerprint density at radius 3 is 2.59 bits per heavy atom. The van der Waals surface area contributed by atoms with Gasteiger partial charge >= 0.3 is 0 Å². The first-order valence-corrected chi connectivity index (χ1v) is 5.94. The van der Waals surface area contributed by atoms with Crippen LogP contribution in [0.4, 0.5) is 14.5 Å². The van der Waals surface area contributed by atoms with Gasteiger partial charge in [-0.2, -0.15) is 0 Å². The highest BCUT2D eigenvalue weighted by Gasteiger charge is 2.25. The molecule has 1 aromatic carbocycles. The molecule has 1 amide bonds. The van der Waals surface area contributed by atoms with Crippen LogP contribution in [0.15, 0.2) is 16.6 Å². The molecule has 92 valence electrons. The molecule has 1 aliphatic heterocycles. The number of carbonyl (C=O) groups is 1. The van der Waals surface area contributed by atoms with Gasteiger partial charge in [0.15, 0.2) is 11.6 Å². The van der Waals surface area contributed by atoms with Gasteiger partial charge in [-0.15, -0.1) is 0 Å². The van der Waals surface area contributed by atoms with Gasteiger partial charge in [0.05, 0.1) is 0 Å². The summed E-state index contributed by atoms with van der Waals surface area (Å²) in [7, 11) is 0. The number of anilines is 1. The van der Waals surface area contributed by atoms with Gasteiger partial charge in [-0.3, -0.25) is 4.79 Å². The summed E-state index contributed by atoms with van der Waals surface area (Å²) >= 11 is 2.96. The zero-order valence-electron chi connectivity index (χ0n) is 8.80. The average Bonchev–Trinajstić information content (AvgIpc) is 2.76. The lowest BCUT2D eigenvalue weighted by Crippen LogP contribution is -2.27. The molecule has 1 aromatic rings. The van der Waals surface area contributed by atoms with Crippen molar-refractivity contribution in [2.24, 2.45) is 0 Å². The number of benzene rings is 1. The van der Waals surface area contributed by atoms with Gasteiger partial charge < -0.3 is 10.1 Å². The molecule has 0 unspecified atom stereocenters. The van der Waals surface area contributed by atoms with E-state index < -0.39 is 29.3 Å². The summed E-state index contributed by atoms with van der Waals surface area (Å²) in [6.45, 7) is 0.503. The standard InChI is InChI=1S/C11H10BrF2NO2/c12-6-4-7(13)10(8(14)5-6)15-11(16)9-2-1-3-17-9/h4-5,9H,1-3H2,(H,15,16)/t9-/m0/s1. The molecule has 0 aliphatic carbocycles. The van der Waals surface area contributed by atoms with Gasteiger partial charge in [0.2, 0.25) is 0 Å². The highest BCUT2D eigenvalue weighted by atomic mass is 79.9. The second-order valence-electron chi connectivity index (χ2n) is 3.74. The van der Waals surface area contributed by atoms with Crippen molar-refractivity contribution in [3.63, 3.8) is 0 Å². The van der Waals surface area contributed by atoms with Crippen LogP contribution in [0, 0.1) is 11.6 Å². The van der Waals surface area contributed by atoms with Crippen molar-refractivity contribution in [1.82, 2.24) is 0 Å². The summed E-state index contributed by atoms with van der Waals surface area (Å²) in [5.41, 5.74) is -0.436. The maximum absolute atomic E-state index is 13.4. The fraction of sp³-hybridized carbons (Fsp3) is 0.364. The third-order valence-electron chi connectivity index (χ3n) is 2.48. The van der Waals surface area contributed by atoms with Crippen LogP contribution < -0.4 is 5.32 Å². The first kappa shape index (κ1) is 12.4. The van der Waals surface area contributed by atoms with Crippen molar-refractivity contribution in [1.29, 1.82) is 0 Å². The SMILES string of the molecule is O=C(Nc1c(F)cc(Br)cc1F)[C@@H]1CCCO1. The Labute approximate surface area is 105 Å². The van der Waals surface area contributed by atoms with Gasteiger partial charge in [-0.1, -0.05) is 15.9 Å². The lowest BCUT2D eigenvalue weighted by Gasteiger charge is -2.11. The molecule has 0 aromatic heterocycles. The lowest BCUT2D eigenvalue weighted by atomic mass is 10.2. The smallest absolute Gasteiger partial charge is 0.253 e. The molecule has 1 fully saturated rings. The molecule has 0 radical (unpaired) electrons. The predicted octanol–water partition coefficient (Wildman–Crippen LogP) is 2.84. The van der Waals surface area contributed by atoms with E-state index >= 15 is 0 Å². The molecule has 0 saturated carbocycles. The summed E-state index contributed by atoms with van der Waals surface area (Å²) in [5.74, 6) is -2.14. The first-order valence-electron chi connectivity index (χ1n) is 5.15. The van der Waals surface area contributed by atoms with Gasteiger partial charge in [0, 0.05) is 11.1 Å². The molecule has 3 nitrogen and oxygen atoms in total. The minimum atomic E-state index is -0.816. The van der Waals surface area contributed by atoms with Gasteiger partial charge in [0.1, 0.15) is 11.8 Å². The summed E-state index contributed by atoms with van der Waals surface area (Å²) in [6.07, 6.45) is 0.743. The van der Waals surface area contributed by atoms with E-state index in [1.165, 1.54) is 0 Å². The molecular weight excluding hydrogens is 296 g/mol. The molecule has 0 bridgehead atoms. The summed E-state index contributed by atoms with van der Waals surface area (Å²) < 4.78 is 32.3. The Kier molecular flexibility index (Phi) is 3.73. The number of carbonyl (C=O) groups excluding carboxylic acids is 1. The van der Waals surface area contributed by atoms with Crippen molar-refractivity contribution < 1.29 is 18.3 Å². The Balaban J connectivity index is 2.15. The maximum atomic E-state index is 13.4. The van der Waals surface area contributed by atoms with E-state index in [2.05, 4.69) is 21.2 Å². The summed E-state index contributed by atoms with van der Waals surface area (Å²) in [4.78, 5) is 11.6. The highest BCUT2D eigenvalue weighted by molar-refractivity contribution is 9.10. The van der Waals surface area contributed by atoms with Crippen LogP contribution >= 0.6 is 15.9 Å². The van der Waals surface area contributed by atoms with Crippen LogP contribution in [0.2, 0.25) is 0 Å². The fourth-order valence-electron chi connectivity index (χ4n) is 1.65. The van der Waals surface area contributed by atoms with Crippen molar-refractivity contribution >= 4 is 27.5 Å². The minimum absolute atomic E-state index is 0.280. The Hall–Kier alpha value is -1.01. The second kappa shape index (κ2) is 5.10. The van der Waals surface area contributed by atoms with Gasteiger partial charge in [0.25, 0.3) is 5.91 Å². The third kappa shape index (κ3) is 2.81. The van der Waals surface area contributed by atoms with Crippen LogP contribution in [-0.2, 0) is 9.53 Å². The van der Waals surface area contributed by atoms with Crippen molar-refractivity contribution in [2.45, 2.75) is 18.9 Å². The number of hydrogen-bond acceptors (Lipinski definition) is 2. The van der Waals surface area contributed by atoms with Crippen molar-refractivity contribution in [3.8, 4) is 0 Å². The zero-order valence-corrected chi connectivity index (χ0v) is 10.4. The quantitative estimate of drug-likeness (QED) is 0.912. The predicted molar refractivity (Wildman–Crippen MR) is 61.7 cm³/mol. The number of amides is 1. The van der Waals surface area contributed by atoms with E-state index in [0.29, 0.717) is 13.0 Å². The zero-order chi connectivity index (χ0) is 12.4. The van der Waals surface area contributed by atoms with E-state index in [9.17, 15) is 13.6 Å². The molecule has 1 N–H and O–H groups in total. The number of halogens is 3. The Morgan fingerprint density at radius 2 is 2.06 bits per heavy atom. The van der Waals surface area contributed by atoms with Crippen LogP contribution in [0.5, 0.6) is 0 Å². The molecule has 1 saturated heterocycles. The molecule has 1 aliphatic rings. The largest absolute Gasteiger partial charge is 0.368 e. The third-order valence-corrected chi connectivity index (χ3v) is 2.94. The van der Waals surface area contributed by atoms with E-state index in [0.717, 1.165) is 18.6 Å². The topological polar surface area (TPSA) is 38.3 Å². The highest BCUT2D eigenvalue weighted by Crippen LogP contribution is 2.24. The molecule has 1 atom stereocenters. The molecule has 6 heteroatoms. The van der Waals surface area contributed by atoms with E-state index in [1.54, 1.807) is 0 Å². The monoisotopic (exact) mass is 305 g/mol. The van der Waals surface area contributed by atoms with Gasteiger partial charge in [-0.05, 0) is 25.0 Å². The number of ether oxygens (including phenoxy) is 1. The van der Waals surface area contributed by atoms with Crippen LogP contribution in [-0.4, -0.2) is 18.6 Å². The van der Waals surface area contributed by atoms with Gasteiger partial charge in [-0.25, -0.2) is 8.78 Å². The number of hydrogen-bond donors (Lipinski definition) is 1. The maximum Gasteiger partial charge on any atom is 0.253 e. The molecule has 0 spiro atoms. The van der Waals surface area contributed by atoms with Crippen LogP contribution in [0.1, 0.15) is 12.8 Å². The van der Waals surface area contributed by atoms with Crippen molar-refractivity contribution in [3.05, 3.63) is 28.2 Å². The van der Waals surface area contributed by atoms with Crippen molar-refractivity contribution in [2.75, 3.05) is 11.9 Å². The summed E-state index contributed by atoms with van der Waals surface area (Å²) in [6, 6.07) is 2.18. The van der Waals surface area contributed by atoms with E-state index in [-0.39, 0.29) is 4.47 Å². The minimum Gasteiger partial charge on any atom is -0.368 e. The Bertz CT molecular complexity index is 424. The Morgan fingerprint density at radius 1 is 1.41 bits per heavy atom. The van der Waals surface area contributed by atoms with Crippen LogP contribution in [0.3, 0.4) is 0 Å². The molecule has 1 heterocycles. The average molecular weight is 306 g/mol. The summed E-state index contributed by atoms with van der Waals surface area (Å²) in [5, 5.41) is 2.21. The lowest BCUT2D eigenvalue weighted by molar-refractivity contribution is -0.124. The van der Waals surface area contributed by atoms with E-state index in [1.807, 2.05) is 0 Å². The number of rotatable bonds is 2. The number of nitrogens with one attached hydrogen (secondary N) is 1. The molecular formula is C11H10BrF2NO2. The molecule has 17 heavy (non-hydrogen) atoms. The molecule has 2 rings (SSSR count). The first-order chi connectivity index (χ1) is 8.08. The normalized spacial score (nSPS) is 19.4.